The van der Waals surface area contributed by atoms with Gasteiger partial charge >= 0.3 is 0 Å². The summed E-state index contributed by atoms with van der Waals surface area (Å²) in [5.74, 6) is -0.717. The second-order valence-electron chi connectivity index (χ2n) is 4.07. The van der Waals surface area contributed by atoms with Crippen LogP contribution in [0.3, 0.4) is 0 Å². The minimum Gasteiger partial charge on any atom is -0.397 e. The molecule has 4 nitrogen and oxygen atoms in total. The summed E-state index contributed by atoms with van der Waals surface area (Å²) in [5.41, 5.74) is 6.80. The zero-order chi connectivity index (χ0) is 12.7. The lowest BCUT2D eigenvalue weighted by atomic mass is 10.1. The van der Waals surface area contributed by atoms with E-state index in [-0.39, 0.29) is 11.8 Å². The second-order valence-corrected chi connectivity index (χ2v) is 4.07. The van der Waals surface area contributed by atoms with Gasteiger partial charge in [-0.2, -0.15) is 0 Å². The van der Waals surface area contributed by atoms with Gasteiger partial charge in [0.1, 0.15) is 0 Å². The molecule has 1 aliphatic rings. The molecule has 0 radical (unpaired) electrons. The first kappa shape index (κ1) is 10.5. The van der Waals surface area contributed by atoms with Gasteiger partial charge in [-0.1, -0.05) is 30.3 Å². The number of nitrogens with two attached hydrogens (primary N) is 1. The molecule has 2 N–H and O–H groups in total. The predicted molar refractivity (Wildman–Crippen MR) is 70.0 cm³/mol. The second kappa shape index (κ2) is 3.70. The number of rotatable bonds is 1. The van der Waals surface area contributed by atoms with Crippen LogP contribution in [-0.4, -0.2) is 11.8 Å². The minimum absolute atomic E-state index is 0.358. The van der Waals surface area contributed by atoms with Crippen LogP contribution in [0.15, 0.2) is 48.6 Å². The molecule has 0 unspecified atom stereocenters. The van der Waals surface area contributed by atoms with Gasteiger partial charge < -0.3 is 5.73 Å². The number of fused-ring (bicyclic) bond motifs is 1. The summed E-state index contributed by atoms with van der Waals surface area (Å²) in [6.45, 7) is 0. The lowest BCUT2D eigenvalue weighted by Gasteiger charge is -2.18. The van der Waals surface area contributed by atoms with Crippen LogP contribution in [-0.2, 0) is 9.59 Å². The van der Waals surface area contributed by atoms with Crippen molar-refractivity contribution >= 4 is 34.0 Å². The number of benzene rings is 2. The Labute approximate surface area is 103 Å². The number of carbonyl (C=O) groups is 2. The fraction of sp³-hybridized carbons (Fsp3) is 0. The molecule has 2 amide bonds. The van der Waals surface area contributed by atoms with Crippen LogP contribution in [0.1, 0.15) is 0 Å². The van der Waals surface area contributed by atoms with Crippen molar-refractivity contribution in [2.24, 2.45) is 0 Å². The number of amides is 2. The van der Waals surface area contributed by atoms with Gasteiger partial charge in [0, 0.05) is 17.5 Å². The molecule has 4 heteroatoms. The van der Waals surface area contributed by atoms with Gasteiger partial charge in [-0.25, -0.2) is 4.90 Å². The summed E-state index contributed by atoms with van der Waals surface area (Å²) in [5, 5.41) is 1.73. The molecule has 0 aromatic heterocycles. The van der Waals surface area contributed by atoms with Crippen molar-refractivity contribution in [3.63, 3.8) is 0 Å². The quantitative estimate of drug-likeness (QED) is 0.609. The van der Waals surface area contributed by atoms with Crippen molar-refractivity contribution in [2.45, 2.75) is 0 Å². The number of hydrogen-bond acceptors (Lipinski definition) is 3. The molecule has 2 aromatic carbocycles. The van der Waals surface area contributed by atoms with Crippen molar-refractivity contribution in [3.8, 4) is 0 Å². The fourth-order valence-corrected chi connectivity index (χ4v) is 2.14. The van der Waals surface area contributed by atoms with E-state index in [0.29, 0.717) is 11.4 Å². The molecule has 0 saturated carbocycles. The van der Waals surface area contributed by atoms with Gasteiger partial charge in [-0.3, -0.25) is 9.59 Å². The molecule has 88 valence electrons. The number of imide groups is 1. The Balaban J connectivity index is 2.31. The molecule has 0 bridgehead atoms. The number of hydrogen-bond donors (Lipinski definition) is 1. The van der Waals surface area contributed by atoms with Crippen molar-refractivity contribution in [1.29, 1.82) is 0 Å². The SMILES string of the molecule is Nc1ccc2ccccc2c1N1C(=O)C=CC1=O. The average molecular weight is 238 g/mol. The molecule has 1 aliphatic heterocycles. The number of anilines is 2. The first-order chi connectivity index (χ1) is 8.68. The van der Waals surface area contributed by atoms with Gasteiger partial charge in [0.2, 0.25) is 0 Å². The van der Waals surface area contributed by atoms with Crippen LogP contribution in [0.5, 0.6) is 0 Å². The molecule has 1 heterocycles. The number of carbonyl (C=O) groups excluding carboxylic acids is 2. The Morgan fingerprint density at radius 3 is 2.28 bits per heavy atom. The Kier molecular flexibility index (Phi) is 2.16. The summed E-state index contributed by atoms with van der Waals surface area (Å²) in [4.78, 5) is 24.6. The highest BCUT2D eigenvalue weighted by atomic mass is 16.2. The summed E-state index contributed by atoms with van der Waals surface area (Å²) in [7, 11) is 0. The van der Waals surface area contributed by atoms with Gasteiger partial charge in [0.15, 0.2) is 0 Å². The Morgan fingerprint density at radius 1 is 0.889 bits per heavy atom. The maximum Gasteiger partial charge on any atom is 0.258 e. The molecule has 3 rings (SSSR count). The van der Waals surface area contributed by atoms with Crippen LogP contribution in [0.2, 0.25) is 0 Å². The summed E-state index contributed by atoms with van der Waals surface area (Å²) < 4.78 is 0. The largest absolute Gasteiger partial charge is 0.397 e. The topological polar surface area (TPSA) is 63.4 Å². The molecule has 2 aromatic rings. The first-order valence-corrected chi connectivity index (χ1v) is 5.52. The third-order valence-electron chi connectivity index (χ3n) is 2.96. The molecular weight excluding hydrogens is 228 g/mol. The van der Waals surface area contributed by atoms with Gasteiger partial charge in [0.25, 0.3) is 11.8 Å². The lowest BCUT2D eigenvalue weighted by molar-refractivity contribution is -0.119. The molecular formula is C14H10N2O2. The maximum atomic E-state index is 11.7. The zero-order valence-corrected chi connectivity index (χ0v) is 9.46. The molecule has 0 fully saturated rings. The van der Waals surface area contributed by atoms with E-state index < -0.39 is 0 Å². The highest BCUT2D eigenvalue weighted by Crippen LogP contribution is 2.34. The van der Waals surface area contributed by atoms with E-state index in [1.165, 1.54) is 12.2 Å². The lowest BCUT2D eigenvalue weighted by Crippen LogP contribution is -2.30. The van der Waals surface area contributed by atoms with Gasteiger partial charge in [-0.05, 0) is 11.5 Å². The van der Waals surface area contributed by atoms with Crippen LogP contribution >= 0.6 is 0 Å². The van der Waals surface area contributed by atoms with E-state index in [2.05, 4.69) is 0 Å². The zero-order valence-electron chi connectivity index (χ0n) is 9.46. The standard InChI is InChI=1S/C14H10N2O2/c15-11-6-5-9-3-1-2-4-10(9)14(11)16-12(17)7-8-13(16)18/h1-8H,15H2. The van der Waals surface area contributed by atoms with E-state index in [4.69, 9.17) is 5.73 Å². The van der Waals surface area contributed by atoms with Crippen LogP contribution < -0.4 is 10.6 Å². The van der Waals surface area contributed by atoms with Crippen LogP contribution in [0.4, 0.5) is 11.4 Å². The molecule has 0 aliphatic carbocycles. The third-order valence-corrected chi connectivity index (χ3v) is 2.96. The minimum atomic E-state index is -0.358. The summed E-state index contributed by atoms with van der Waals surface area (Å²) >= 11 is 0. The van der Waals surface area contributed by atoms with Crippen molar-refractivity contribution in [2.75, 3.05) is 10.6 Å². The van der Waals surface area contributed by atoms with E-state index in [1.54, 1.807) is 6.07 Å². The number of nitrogens with zero attached hydrogens (tertiary/aromatic N) is 1. The van der Waals surface area contributed by atoms with E-state index in [1.807, 2.05) is 30.3 Å². The third kappa shape index (κ3) is 1.39. The van der Waals surface area contributed by atoms with E-state index in [9.17, 15) is 9.59 Å². The first-order valence-electron chi connectivity index (χ1n) is 5.52. The molecule has 0 saturated heterocycles. The molecule has 18 heavy (non-hydrogen) atoms. The van der Waals surface area contributed by atoms with Crippen molar-refractivity contribution in [3.05, 3.63) is 48.6 Å². The van der Waals surface area contributed by atoms with Gasteiger partial charge in [-0.15, -0.1) is 0 Å². The average Bonchev–Trinajstić information content (AvgIpc) is 2.70. The van der Waals surface area contributed by atoms with Gasteiger partial charge in [0.05, 0.1) is 11.4 Å². The Bertz CT molecular complexity index is 686. The maximum absolute atomic E-state index is 11.7. The van der Waals surface area contributed by atoms with Crippen molar-refractivity contribution in [1.82, 2.24) is 0 Å². The highest BCUT2D eigenvalue weighted by Gasteiger charge is 2.28. The van der Waals surface area contributed by atoms with E-state index in [0.717, 1.165) is 15.7 Å². The Morgan fingerprint density at radius 2 is 1.56 bits per heavy atom. The van der Waals surface area contributed by atoms with E-state index >= 15 is 0 Å². The van der Waals surface area contributed by atoms with Crippen LogP contribution in [0.25, 0.3) is 10.8 Å². The fourth-order valence-electron chi connectivity index (χ4n) is 2.14. The smallest absolute Gasteiger partial charge is 0.258 e. The number of nitrogen functional groups attached to an aromatic ring is 1. The van der Waals surface area contributed by atoms with Crippen molar-refractivity contribution < 1.29 is 9.59 Å². The Hall–Kier alpha value is -2.62. The summed E-state index contributed by atoms with van der Waals surface area (Å²) in [6.07, 6.45) is 2.51. The summed E-state index contributed by atoms with van der Waals surface area (Å²) in [6, 6.07) is 11.1. The normalized spacial score (nSPS) is 14.8. The highest BCUT2D eigenvalue weighted by molar-refractivity contribution is 6.31. The monoisotopic (exact) mass is 238 g/mol. The van der Waals surface area contributed by atoms with Crippen LogP contribution in [0, 0.1) is 0 Å². The molecule has 0 spiro atoms. The predicted octanol–water partition coefficient (Wildman–Crippen LogP) is 1.85. The molecule has 0 atom stereocenters.